The second-order valence-corrected chi connectivity index (χ2v) is 5.08. The number of rotatable bonds is 3. The fraction of sp³-hybridized carbons (Fsp3) is 0.833. The number of carbonyl (C=O) groups excluding carboxylic acids is 1. The third kappa shape index (κ3) is 5.34. The van der Waals surface area contributed by atoms with Crippen molar-refractivity contribution in [2.24, 2.45) is 0 Å². The molecule has 19 heavy (non-hydrogen) atoms. The van der Waals surface area contributed by atoms with Gasteiger partial charge in [-0.25, -0.2) is 4.79 Å². The quantitative estimate of drug-likeness (QED) is 0.577. The molecule has 1 aliphatic rings. The molecule has 0 aromatic carbocycles. The van der Waals surface area contributed by atoms with E-state index in [0.717, 1.165) is 0 Å². The van der Waals surface area contributed by atoms with E-state index in [1.54, 1.807) is 23.6 Å². The number of hydrogen-bond acceptors (Lipinski definition) is 5. The lowest BCUT2D eigenvalue weighted by molar-refractivity contribution is -0.00670. The molecule has 0 spiro atoms. The van der Waals surface area contributed by atoms with Crippen LogP contribution >= 0.6 is 0 Å². The van der Waals surface area contributed by atoms with Gasteiger partial charge in [0.15, 0.2) is 0 Å². The van der Waals surface area contributed by atoms with E-state index in [0.29, 0.717) is 32.8 Å². The van der Waals surface area contributed by atoms with Crippen molar-refractivity contribution in [1.29, 1.82) is 5.41 Å². The number of piperazine rings is 1. The highest BCUT2D eigenvalue weighted by Crippen LogP contribution is 2.07. The number of amides is 1. The number of aliphatic hydroxyl groups is 1. The van der Waals surface area contributed by atoms with Crippen molar-refractivity contribution >= 4 is 12.1 Å². The van der Waals surface area contributed by atoms with Crippen LogP contribution in [0.5, 0.6) is 0 Å². The smallest absolute Gasteiger partial charge is 0.409 e. The first kappa shape index (κ1) is 15.6. The molecule has 1 amide bonds. The van der Waals surface area contributed by atoms with Gasteiger partial charge in [0.1, 0.15) is 6.61 Å². The number of hydrogen-bond donors (Lipinski definition) is 2. The Balaban J connectivity index is 2.33. The van der Waals surface area contributed by atoms with Crippen molar-refractivity contribution in [1.82, 2.24) is 9.80 Å². The van der Waals surface area contributed by atoms with Gasteiger partial charge in [-0.15, -0.1) is 0 Å². The van der Waals surface area contributed by atoms with Crippen LogP contribution in [0.1, 0.15) is 20.8 Å². The first-order valence-corrected chi connectivity index (χ1v) is 6.44. The molecule has 1 saturated heterocycles. The van der Waals surface area contributed by atoms with E-state index in [9.17, 15) is 9.90 Å². The fourth-order valence-corrected chi connectivity index (χ4v) is 1.65. The summed E-state index contributed by atoms with van der Waals surface area (Å²) in [5, 5.41) is 17.1. The number of ether oxygens (including phenoxy) is 2. The van der Waals surface area contributed by atoms with Crippen LogP contribution in [0, 0.1) is 5.41 Å². The number of amidine groups is 1. The van der Waals surface area contributed by atoms with E-state index in [1.165, 1.54) is 0 Å². The highest BCUT2D eigenvalue weighted by Gasteiger charge is 2.25. The number of carbonyl (C=O) groups is 1. The summed E-state index contributed by atoms with van der Waals surface area (Å²) in [6.45, 7) is 7.52. The standard InChI is InChI=1S/C12H23N3O4/c1-4-18-10(13)14-5-7-15(8-6-14)11(16)19-9-12(2,3)17/h13,17H,4-9H2,1-3H3. The lowest BCUT2D eigenvalue weighted by atomic mass is 10.2. The minimum atomic E-state index is -1.02. The summed E-state index contributed by atoms with van der Waals surface area (Å²) in [4.78, 5) is 15.1. The molecule has 7 heteroatoms. The molecule has 1 rings (SSSR count). The Hall–Kier alpha value is -1.50. The molecule has 1 aliphatic heterocycles. The minimum absolute atomic E-state index is 0.0270. The molecule has 0 bridgehead atoms. The first-order valence-electron chi connectivity index (χ1n) is 6.44. The predicted octanol–water partition coefficient (Wildman–Crippen LogP) is 0.483. The van der Waals surface area contributed by atoms with Crippen LogP contribution < -0.4 is 0 Å². The zero-order valence-electron chi connectivity index (χ0n) is 11.8. The largest absolute Gasteiger partial charge is 0.466 e. The Kier molecular flexibility index (Phi) is 5.41. The van der Waals surface area contributed by atoms with Gasteiger partial charge < -0.3 is 24.4 Å². The van der Waals surface area contributed by atoms with Crippen molar-refractivity contribution in [3.8, 4) is 0 Å². The summed E-state index contributed by atoms with van der Waals surface area (Å²) < 4.78 is 10.1. The highest BCUT2D eigenvalue weighted by atomic mass is 16.6. The van der Waals surface area contributed by atoms with Crippen molar-refractivity contribution in [2.75, 3.05) is 39.4 Å². The Morgan fingerprint density at radius 3 is 2.21 bits per heavy atom. The molecule has 7 nitrogen and oxygen atoms in total. The second-order valence-electron chi connectivity index (χ2n) is 5.08. The van der Waals surface area contributed by atoms with E-state index >= 15 is 0 Å². The maximum absolute atomic E-state index is 11.7. The molecule has 0 radical (unpaired) electrons. The molecule has 0 saturated carbocycles. The van der Waals surface area contributed by atoms with Crippen LogP contribution in [0.4, 0.5) is 4.79 Å². The van der Waals surface area contributed by atoms with Gasteiger partial charge >= 0.3 is 6.09 Å². The number of nitrogens with zero attached hydrogens (tertiary/aromatic N) is 2. The van der Waals surface area contributed by atoms with Gasteiger partial charge in [-0.1, -0.05) is 0 Å². The van der Waals surface area contributed by atoms with Gasteiger partial charge in [-0.2, -0.15) is 0 Å². The molecule has 1 heterocycles. The molecule has 0 aromatic rings. The molecule has 1 fully saturated rings. The maximum Gasteiger partial charge on any atom is 0.409 e. The summed E-state index contributed by atoms with van der Waals surface area (Å²) in [6, 6.07) is 0.145. The summed E-state index contributed by atoms with van der Waals surface area (Å²) >= 11 is 0. The Morgan fingerprint density at radius 1 is 1.21 bits per heavy atom. The van der Waals surface area contributed by atoms with Crippen molar-refractivity contribution in [3.63, 3.8) is 0 Å². The van der Waals surface area contributed by atoms with Crippen molar-refractivity contribution in [2.45, 2.75) is 26.4 Å². The van der Waals surface area contributed by atoms with Gasteiger partial charge in [-0.05, 0) is 20.8 Å². The molecule has 2 N–H and O–H groups in total. The molecule has 110 valence electrons. The molecular weight excluding hydrogens is 250 g/mol. The zero-order valence-corrected chi connectivity index (χ0v) is 11.8. The third-order valence-electron chi connectivity index (χ3n) is 2.66. The molecule has 0 aromatic heterocycles. The lowest BCUT2D eigenvalue weighted by Crippen LogP contribution is -2.51. The third-order valence-corrected chi connectivity index (χ3v) is 2.66. The molecule has 0 atom stereocenters. The van der Waals surface area contributed by atoms with Gasteiger partial charge in [0.2, 0.25) is 0 Å². The Bertz CT molecular complexity index is 319. The van der Waals surface area contributed by atoms with Gasteiger partial charge in [0.25, 0.3) is 6.02 Å². The maximum atomic E-state index is 11.7. The normalized spacial score (nSPS) is 16.2. The van der Waals surface area contributed by atoms with Crippen LogP contribution in [-0.2, 0) is 9.47 Å². The van der Waals surface area contributed by atoms with Crippen LogP contribution in [0.2, 0.25) is 0 Å². The van der Waals surface area contributed by atoms with E-state index in [-0.39, 0.29) is 12.6 Å². The lowest BCUT2D eigenvalue weighted by Gasteiger charge is -2.35. The van der Waals surface area contributed by atoms with Gasteiger partial charge in [0, 0.05) is 26.2 Å². The van der Waals surface area contributed by atoms with Crippen LogP contribution in [0.15, 0.2) is 0 Å². The van der Waals surface area contributed by atoms with E-state index in [4.69, 9.17) is 14.9 Å². The van der Waals surface area contributed by atoms with Gasteiger partial charge in [-0.3, -0.25) is 5.41 Å². The molecule has 0 unspecified atom stereocenters. The Labute approximate surface area is 113 Å². The monoisotopic (exact) mass is 273 g/mol. The fourth-order valence-electron chi connectivity index (χ4n) is 1.65. The van der Waals surface area contributed by atoms with Crippen molar-refractivity contribution < 1.29 is 19.4 Å². The minimum Gasteiger partial charge on any atom is -0.466 e. The Morgan fingerprint density at radius 2 is 1.74 bits per heavy atom. The SMILES string of the molecule is CCOC(=N)N1CCN(C(=O)OCC(C)(C)O)CC1. The predicted molar refractivity (Wildman–Crippen MR) is 70.1 cm³/mol. The summed E-state index contributed by atoms with van der Waals surface area (Å²) in [5.41, 5.74) is -1.02. The summed E-state index contributed by atoms with van der Waals surface area (Å²) in [7, 11) is 0. The van der Waals surface area contributed by atoms with Crippen LogP contribution in [0.25, 0.3) is 0 Å². The second kappa shape index (κ2) is 6.60. The topological polar surface area (TPSA) is 86.1 Å². The average Bonchev–Trinajstić information content (AvgIpc) is 2.35. The first-order chi connectivity index (χ1) is 8.83. The van der Waals surface area contributed by atoms with Crippen molar-refractivity contribution in [3.05, 3.63) is 0 Å². The number of nitrogens with one attached hydrogen (secondary N) is 1. The van der Waals surface area contributed by atoms with E-state index in [1.807, 2.05) is 6.92 Å². The zero-order chi connectivity index (χ0) is 14.5. The summed E-state index contributed by atoms with van der Waals surface area (Å²) in [6.07, 6.45) is -0.426. The summed E-state index contributed by atoms with van der Waals surface area (Å²) in [5.74, 6) is 0. The van der Waals surface area contributed by atoms with E-state index in [2.05, 4.69) is 0 Å². The highest BCUT2D eigenvalue weighted by molar-refractivity contribution is 5.71. The molecule has 0 aliphatic carbocycles. The van der Waals surface area contributed by atoms with Crippen LogP contribution in [-0.4, -0.2) is 72.0 Å². The van der Waals surface area contributed by atoms with E-state index < -0.39 is 11.7 Å². The van der Waals surface area contributed by atoms with Gasteiger partial charge in [0.05, 0.1) is 12.2 Å². The van der Waals surface area contributed by atoms with Crippen LogP contribution in [0.3, 0.4) is 0 Å². The average molecular weight is 273 g/mol. The molecular formula is C12H23N3O4.